The molecule has 0 aliphatic heterocycles. The van der Waals surface area contributed by atoms with Crippen LogP contribution in [-0.2, 0) is 14.3 Å². The van der Waals surface area contributed by atoms with E-state index in [-0.39, 0.29) is 17.6 Å². The smallest absolute Gasteiger partial charge is 0.408 e. The van der Waals surface area contributed by atoms with Gasteiger partial charge in [0.1, 0.15) is 23.4 Å². The van der Waals surface area contributed by atoms with Crippen LogP contribution in [0.5, 0.6) is 5.75 Å². The Bertz CT molecular complexity index is 859. The first kappa shape index (κ1) is 33.6. The van der Waals surface area contributed by atoms with Gasteiger partial charge >= 0.3 is 6.09 Å². The standard InChI is InChI=1S/C29H49N3O5S/c1-7-9-11-15-20-32(27(35)23(18-21-38-6)31-28(36)37-29(3,4)5)25(22-16-12-13-17-24(22)33)26(34)30-19-14-10-8-2/h12-13,16-17,23,25,33H,7-11,14-15,18-21H2,1-6H3,(H,30,34)(H,31,36). The summed E-state index contributed by atoms with van der Waals surface area (Å²) in [4.78, 5) is 41.9. The Labute approximate surface area is 233 Å². The van der Waals surface area contributed by atoms with Gasteiger partial charge in [0.05, 0.1) is 0 Å². The Morgan fingerprint density at radius 1 is 1.03 bits per heavy atom. The SMILES string of the molecule is CCCCCCN(C(=O)C(CCSC)NC(=O)OC(C)(C)C)C(C(=O)NCCCCC)c1ccccc1O. The largest absolute Gasteiger partial charge is 0.508 e. The number of thioether (sulfide) groups is 1. The van der Waals surface area contributed by atoms with Crippen molar-refractivity contribution in [1.29, 1.82) is 0 Å². The number of ether oxygens (including phenoxy) is 1. The summed E-state index contributed by atoms with van der Waals surface area (Å²) in [5.41, 5.74) is -0.349. The van der Waals surface area contributed by atoms with Gasteiger partial charge in [0, 0.05) is 18.7 Å². The molecule has 0 aliphatic carbocycles. The first-order chi connectivity index (χ1) is 18.1. The number of phenols is 1. The predicted molar refractivity (Wildman–Crippen MR) is 155 cm³/mol. The molecule has 0 radical (unpaired) electrons. The molecule has 216 valence electrons. The molecule has 2 atom stereocenters. The minimum absolute atomic E-state index is 0.0478. The molecule has 0 heterocycles. The molecule has 9 heteroatoms. The van der Waals surface area contributed by atoms with E-state index >= 15 is 0 Å². The zero-order valence-corrected chi connectivity index (χ0v) is 25.0. The van der Waals surface area contributed by atoms with Crippen LogP contribution < -0.4 is 10.6 Å². The average molecular weight is 552 g/mol. The van der Waals surface area contributed by atoms with Crippen LogP contribution in [0, 0.1) is 0 Å². The number of carbonyl (C=O) groups excluding carboxylic acids is 3. The van der Waals surface area contributed by atoms with E-state index in [4.69, 9.17) is 4.74 Å². The van der Waals surface area contributed by atoms with Crippen molar-refractivity contribution in [1.82, 2.24) is 15.5 Å². The van der Waals surface area contributed by atoms with Crippen molar-refractivity contribution in [3.8, 4) is 5.75 Å². The van der Waals surface area contributed by atoms with E-state index in [0.29, 0.717) is 37.2 Å². The summed E-state index contributed by atoms with van der Waals surface area (Å²) in [6.07, 6.45) is 8.13. The van der Waals surface area contributed by atoms with Crippen molar-refractivity contribution in [3.05, 3.63) is 29.8 Å². The molecule has 0 saturated carbocycles. The number of carbonyl (C=O) groups is 3. The van der Waals surface area contributed by atoms with Crippen molar-refractivity contribution in [3.63, 3.8) is 0 Å². The first-order valence-electron chi connectivity index (χ1n) is 13.9. The number of amides is 3. The molecule has 3 N–H and O–H groups in total. The maximum atomic E-state index is 14.1. The summed E-state index contributed by atoms with van der Waals surface area (Å²) in [5.74, 6) is -0.112. The second kappa shape index (κ2) is 18.0. The molecule has 0 fully saturated rings. The third-order valence-electron chi connectivity index (χ3n) is 6.01. The van der Waals surface area contributed by atoms with E-state index < -0.39 is 23.8 Å². The fourth-order valence-corrected chi connectivity index (χ4v) is 4.54. The molecule has 1 aromatic rings. The van der Waals surface area contributed by atoms with E-state index in [1.807, 2.05) is 6.26 Å². The number of aromatic hydroxyl groups is 1. The molecule has 0 aliphatic rings. The molecule has 0 bridgehead atoms. The second-order valence-electron chi connectivity index (χ2n) is 10.5. The highest BCUT2D eigenvalue weighted by atomic mass is 32.2. The van der Waals surface area contributed by atoms with Gasteiger partial charge in [-0.25, -0.2) is 4.79 Å². The summed E-state index contributed by atoms with van der Waals surface area (Å²) in [7, 11) is 0. The van der Waals surface area contributed by atoms with E-state index in [2.05, 4.69) is 24.5 Å². The lowest BCUT2D eigenvalue weighted by molar-refractivity contribution is -0.142. The molecule has 0 aromatic heterocycles. The highest BCUT2D eigenvalue weighted by Gasteiger charge is 2.37. The highest BCUT2D eigenvalue weighted by molar-refractivity contribution is 7.98. The monoisotopic (exact) mass is 551 g/mol. The van der Waals surface area contributed by atoms with Crippen molar-refractivity contribution in [2.45, 2.75) is 104 Å². The predicted octanol–water partition coefficient (Wildman–Crippen LogP) is 5.80. The molecule has 0 saturated heterocycles. The number of hydrogen-bond acceptors (Lipinski definition) is 6. The number of nitrogens with one attached hydrogen (secondary N) is 2. The van der Waals surface area contributed by atoms with E-state index in [1.165, 1.54) is 11.0 Å². The van der Waals surface area contributed by atoms with Gasteiger partial charge in [-0.05, 0) is 58.1 Å². The zero-order chi connectivity index (χ0) is 28.6. The lowest BCUT2D eigenvalue weighted by atomic mass is 10.0. The van der Waals surface area contributed by atoms with Gasteiger partial charge in [0.25, 0.3) is 0 Å². The van der Waals surface area contributed by atoms with Crippen LogP contribution in [0.1, 0.15) is 97.6 Å². The van der Waals surface area contributed by atoms with Gasteiger partial charge in [0.15, 0.2) is 0 Å². The van der Waals surface area contributed by atoms with Crippen LogP contribution >= 0.6 is 11.8 Å². The van der Waals surface area contributed by atoms with Gasteiger partial charge in [-0.15, -0.1) is 0 Å². The zero-order valence-electron chi connectivity index (χ0n) is 24.2. The number of hydrogen-bond donors (Lipinski definition) is 3. The van der Waals surface area contributed by atoms with Crippen molar-refractivity contribution in [2.24, 2.45) is 0 Å². The average Bonchev–Trinajstić information content (AvgIpc) is 2.85. The number of para-hydroxylation sites is 1. The van der Waals surface area contributed by atoms with E-state index in [9.17, 15) is 19.5 Å². The van der Waals surface area contributed by atoms with Crippen LogP contribution in [0.15, 0.2) is 24.3 Å². The molecule has 2 unspecified atom stereocenters. The maximum absolute atomic E-state index is 14.1. The van der Waals surface area contributed by atoms with E-state index in [1.54, 1.807) is 50.7 Å². The quantitative estimate of drug-likeness (QED) is 0.211. The van der Waals surface area contributed by atoms with Gasteiger partial charge in [-0.3, -0.25) is 9.59 Å². The minimum atomic E-state index is -1.02. The lowest BCUT2D eigenvalue weighted by Crippen LogP contribution is -2.53. The fourth-order valence-electron chi connectivity index (χ4n) is 4.07. The van der Waals surface area contributed by atoms with Crippen molar-refractivity contribution >= 4 is 29.7 Å². The lowest BCUT2D eigenvalue weighted by Gasteiger charge is -2.35. The molecule has 3 amide bonds. The van der Waals surface area contributed by atoms with Gasteiger partial charge in [0.2, 0.25) is 11.8 Å². The van der Waals surface area contributed by atoms with E-state index in [0.717, 1.165) is 38.5 Å². The Hall–Kier alpha value is -2.42. The number of nitrogens with zero attached hydrogens (tertiary/aromatic N) is 1. The number of rotatable bonds is 17. The Balaban J connectivity index is 3.41. The molecule has 0 spiro atoms. The van der Waals surface area contributed by atoms with Gasteiger partial charge in [-0.2, -0.15) is 11.8 Å². The molecule has 1 aromatic carbocycles. The van der Waals surface area contributed by atoms with Gasteiger partial charge < -0.3 is 25.4 Å². The number of benzene rings is 1. The number of unbranched alkanes of at least 4 members (excludes halogenated alkanes) is 5. The number of phenolic OH excluding ortho intramolecular Hbond substituents is 1. The summed E-state index contributed by atoms with van der Waals surface area (Å²) < 4.78 is 5.43. The Kier molecular flexibility index (Phi) is 15.9. The molecular formula is C29H49N3O5S. The van der Waals surface area contributed by atoms with Crippen LogP contribution in [0.3, 0.4) is 0 Å². The fraction of sp³-hybridized carbons (Fsp3) is 0.690. The van der Waals surface area contributed by atoms with Crippen LogP contribution in [0.4, 0.5) is 4.79 Å². The third-order valence-corrected chi connectivity index (χ3v) is 6.65. The van der Waals surface area contributed by atoms with Gasteiger partial charge in [-0.1, -0.05) is 64.2 Å². The van der Waals surface area contributed by atoms with Crippen LogP contribution in [0.25, 0.3) is 0 Å². The highest BCUT2D eigenvalue weighted by Crippen LogP contribution is 2.30. The normalized spacial score (nSPS) is 12.9. The van der Waals surface area contributed by atoms with Crippen molar-refractivity contribution in [2.75, 3.05) is 25.1 Å². The first-order valence-corrected chi connectivity index (χ1v) is 15.3. The molecule has 38 heavy (non-hydrogen) atoms. The second-order valence-corrected chi connectivity index (χ2v) is 11.5. The molecule has 1 rings (SSSR count). The topological polar surface area (TPSA) is 108 Å². The Morgan fingerprint density at radius 2 is 1.68 bits per heavy atom. The summed E-state index contributed by atoms with van der Waals surface area (Å²) in [6, 6.07) is 4.74. The Morgan fingerprint density at radius 3 is 2.29 bits per heavy atom. The summed E-state index contributed by atoms with van der Waals surface area (Å²) in [6.45, 7) is 10.3. The minimum Gasteiger partial charge on any atom is -0.508 e. The van der Waals surface area contributed by atoms with Crippen LogP contribution in [0.2, 0.25) is 0 Å². The number of alkyl carbamates (subject to hydrolysis) is 1. The molecular weight excluding hydrogens is 502 g/mol. The van der Waals surface area contributed by atoms with Crippen molar-refractivity contribution < 1.29 is 24.2 Å². The summed E-state index contributed by atoms with van der Waals surface area (Å²) in [5, 5.41) is 16.4. The molecule has 8 nitrogen and oxygen atoms in total. The summed E-state index contributed by atoms with van der Waals surface area (Å²) >= 11 is 1.57. The van der Waals surface area contributed by atoms with Crippen LogP contribution in [-0.4, -0.2) is 64.7 Å². The maximum Gasteiger partial charge on any atom is 0.408 e. The third kappa shape index (κ3) is 12.4.